The number of unbranched alkanes of at least 4 members (excludes halogenated alkanes) is 2. The normalized spacial score (nSPS) is 10.1. The van der Waals surface area contributed by atoms with Crippen LogP contribution in [0.25, 0.3) is 0 Å². The molecule has 0 bridgehead atoms. The molecular formula is C15H21NO4. The van der Waals surface area contributed by atoms with E-state index in [1.54, 1.807) is 13.0 Å². The lowest BCUT2D eigenvalue weighted by Crippen LogP contribution is -2.05. The topological polar surface area (TPSA) is 65.5 Å². The summed E-state index contributed by atoms with van der Waals surface area (Å²) in [5.74, 6) is 0.357. The van der Waals surface area contributed by atoms with Gasteiger partial charge in [-0.2, -0.15) is 0 Å². The molecule has 0 aliphatic carbocycles. The number of rotatable bonds is 9. The molecule has 0 fully saturated rings. The summed E-state index contributed by atoms with van der Waals surface area (Å²) in [6, 6.07) is 3.56. The molecule has 0 aliphatic rings. The number of hydrogen-bond acceptors (Lipinski definition) is 5. The van der Waals surface area contributed by atoms with Crippen LogP contribution in [0.5, 0.6) is 5.75 Å². The van der Waals surface area contributed by atoms with Crippen molar-refractivity contribution in [2.75, 3.05) is 13.2 Å². The van der Waals surface area contributed by atoms with Crippen molar-refractivity contribution in [2.24, 2.45) is 0 Å². The van der Waals surface area contributed by atoms with Crippen molar-refractivity contribution in [1.29, 1.82) is 0 Å². The molecule has 20 heavy (non-hydrogen) atoms. The molecule has 0 aromatic carbocycles. The third kappa shape index (κ3) is 5.82. The summed E-state index contributed by atoms with van der Waals surface area (Å²) < 4.78 is 10.4. The lowest BCUT2D eigenvalue weighted by molar-refractivity contribution is -0.143. The SMILES string of the molecule is CCOC(=O)CCCCCOc1ccc(C)nc1C=O. The quantitative estimate of drug-likeness (QED) is 0.395. The molecule has 1 heterocycles. The predicted octanol–water partition coefficient (Wildman–Crippen LogP) is 2.70. The number of aryl methyl sites for hydroxylation is 1. The molecule has 0 spiro atoms. The van der Waals surface area contributed by atoms with Crippen LogP contribution in [0.2, 0.25) is 0 Å². The van der Waals surface area contributed by atoms with Crippen LogP contribution in [-0.2, 0) is 9.53 Å². The average molecular weight is 279 g/mol. The van der Waals surface area contributed by atoms with E-state index in [4.69, 9.17) is 9.47 Å². The molecule has 0 radical (unpaired) electrons. The molecule has 0 amide bonds. The molecule has 0 N–H and O–H groups in total. The lowest BCUT2D eigenvalue weighted by atomic mass is 10.2. The molecule has 0 saturated heterocycles. The van der Waals surface area contributed by atoms with Gasteiger partial charge in [0.15, 0.2) is 6.29 Å². The molecule has 0 aliphatic heterocycles. The van der Waals surface area contributed by atoms with E-state index < -0.39 is 0 Å². The van der Waals surface area contributed by atoms with E-state index in [0.29, 0.717) is 37.4 Å². The zero-order chi connectivity index (χ0) is 14.8. The first kappa shape index (κ1) is 16.1. The van der Waals surface area contributed by atoms with Gasteiger partial charge in [0.2, 0.25) is 0 Å². The fourth-order valence-corrected chi connectivity index (χ4v) is 1.73. The number of pyridine rings is 1. The summed E-state index contributed by atoms with van der Waals surface area (Å²) in [7, 11) is 0. The predicted molar refractivity (Wildman–Crippen MR) is 75.0 cm³/mol. The van der Waals surface area contributed by atoms with Gasteiger partial charge in [-0.3, -0.25) is 9.59 Å². The van der Waals surface area contributed by atoms with Crippen LogP contribution in [0.4, 0.5) is 0 Å². The second-order valence-electron chi connectivity index (χ2n) is 4.42. The Labute approximate surface area is 119 Å². The van der Waals surface area contributed by atoms with Crippen LogP contribution in [0.1, 0.15) is 48.8 Å². The van der Waals surface area contributed by atoms with Gasteiger partial charge in [0.05, 0.1) is 13.2 Å². The number of carbonyl (C=O) groups excluding carboxylic acids is 2. The molecule has 1 aromatic rings. The van der Waals surface area contributed by atoms with Crippen molar-refractivity contribution in [3.63, 3.8) is 0 Å². The Bertz CT molecular complexity index is 445. The largest absolute Gasteiger partial charge is 0.491 e. The van der Waals surface area contributed by atoms with Crippen LogP contribution in [0.3, 0.4) is 0 Å². The standard InChI is InChI=1S/C15H21NO4/c1-3-19-15(18)7-5-4-6-10-20-14-9-8-12(2)16-13(14)11-17/h8-9,11H,3-7,10H2,1-2H3. The van der Waals surface area contributed by atoms with Gasteiger partial charge in [-0.25, -0.2) is 4.98 Å². The molecule has 0 unspecified atom stereocenters. The Morgan fingerprint density at radius 1 is 1.30 bits per heavy atom. The average Bonchev–Trinajstić information content (AvgIpc) is 2.44. The van der Waals surface area contributed by atoms with Gasteiger partial charge in [0.25, 0.3) is 0 Å². The van der Waals surface area contributed by atoms with Gasteiger partial charge in [-0.05, 0) is 45.2 Å². The maximum absolute atomic E-state index is 11.1. The summed E-state index contributed by atoms with van der Waals surface area (Å²) in [5, 5.41) is 0. The van der Waals surface area contributed by atoms with Crippen LogP contribution >= 0.6 is 0 Å². The maximum atomic E-state index is 11.1. The molecule has 0 atom stereocenters. The van der Waals surface area contributed by atoms with E-state index in [9.17, 15) is 9.59 Å². The molecule has 110 valence electrons. The van der Waals surface area contributed by atoms with E-state index in [1.807, 2.05) is 13.0 Å². The van der Waals surface area contributed by atoms with Crippen LogP contribution in [0.15, 0.2) is 12.1 Å². The van der Waals surface area contributed by atoms with E-state index in [0.717, 1.165) is 25.0 Å². The van der Waals surface area contributed by atoms with Crippen molar-refractivity contribution in [3.05, 3.63) is 23.5 Å². The van der Waals surface area contributed by atoms with Crippen LogP contribution in [-0.4, -0.2) is 30.5 Å². The zero-order valence-corrected chi connectivity index (χ0v) is 12.1. The molecule has 0 saturated carbocycles. The first-order valence-corrected chi connectivity index (χ1v) is 6.88. The fourth-order valence-electron chi connectivity index (χ4n) is 1.73. The number of esters is 1. The van der Waals surface area contributed by atoms with E-state index in [2.05, 4.69) is 4.98 Å². The smallest absolute Gasteiger partial charge is 0.305 e. The minimum absolute atomic E-state index is 0.153. The van der Waals surface area contributed by atoms with Crippen LogP contribution < -0.4 is 4.74 Å². The number of aromatic nitrogens is 1. The zero-order valence-electron chi connectivity index (χ0n) is 12.1. The number of ether oxygens (including phenoxy) is 2. The minimum atomic E-state index is -0.153. The Morgan fingerprint density at radius 2 is 2.10 bits per heavy atom. The summed E-state index contributed by atoms with van der Waals surface area (Å²) in [5.41, 5.74) is 1.12. The Hall–Kier alpha value is -1.91. The summed E-state index contributed by atoms with van der Waals surface area (Å²) >= 11 is 0. The number of aldehydes is 1. The van der Waals surface area contributed by atoms with Crippen molar-refractivity contribution >= 4 is 12.3 Å². The van der Waals surface area contributed by atoms with E-state index in [1.165, 1.54) is 0 Å². The van der Waals surface area contributed by atoms with Gasteiger partial charge >= 0.3 is 5.97 Å². The van der Waals surface area contributed by atoms with Gasteiger partial charge in [-0.1, -0.05) is 0 Å². The monoisotopic (exact) mass is 279 g/mol. The minimum Gasteiger partial charge on any atom is -0.491 e. The third-order valence-corrected chi connectivity index (χ3v) is 2.72. The second kappa shape index (κ2) is 9.07. The Balaban J connectivity index is 2.21. The highest BCUT2D eigenvalue weighted by Gasteiger charge is 2.05. The third-order valence-electron chi connectivity index (χ3n) is 2.72. The highest BCUT2D eigenvalue weighted by Crippen LogP contribution is 2.15. The number of nitrogens with zero attached hydrogens (tertiary/aromatic N) is 1. The summed E-state index contributed by atoms with van der Waals surface area (Å²) in [6.07, 6.45) is 3.64. The van der Waals surface area contributed by atoms with Crippen molar-refractivity contribution in [2.45, 2.75) is 39.5 Å². The Morgan fingerprint density at radius 3 is 2.80 bits per heavy atom. The van der Waals surface area contributed by atoms with Crippen LogP contribution in [0, 0.1) is 6.92 Å². The molecule has 1 aromatic heterocycles. The van der Waals surface area contributed by atoms with Crippen molar-refractivity contribution in [3.8, 4) is 5.75 Å². The summed E-state index contributed by atoms with van der Waals surface area (Å²) in [4.78, 5) is 26.1. The highest BCUT2D eigenvalue weighted by atomic mass is 16.5. The number of hydrogen-bond donors (Lipinski definition) is 0. The second-order valence-corrected chi connectivity index (χ2v) is 4.42. The van der Waals surface area contributed by atoms with Gasteiger partial charge in [-0.15, -0.1) is 0 Å². The van der Waals surface area contributed by atoms with Gasteiger partial charge in [0, 0.05) is 12.1 Å². The van der Waals surface area contributed by atoms with Gasteiger partial charge < -0.3 is 9.47 Å². The van der Waals surface area contributed by atoms with Crippen molar-refractivity contribution in [1.82, 2.24) is 4.98 Å². The van der Waals surface area contributed by atoms with Crippen molar-refractivity contribution < 1.29 is 19.1 Å². The number of carbonyl (C=O) groups is 2. The summed E-state index contributed by atoms with van der Waals surface area (Å²) in [6.45, 7) is 4.56. The Kier molecular flexibility index (Phi) is 7.32. The first-order chi connectivity index (χ1) is 9.67. The van der Waals surface area contributed by atoms with Gasteiger partial charge in [0.1, 0.15) is 11.4 Å². The first-order valence-electron chi connectivity index (χ1n) is 6.88. The van der Waals surface area contributed by atoms with E-state index in [-0.39, 0.29) is 5.97 Å². The van der Waals surface area contributed by atoms with E-state index >= 15 is 0 Å². The fraction of sp³-hybridized carbons (Fsp3) is 0.533. The maximum Gasteiger partial charge on any atom is 0.305 e. The highest BCUT2D eigenvalue weighted by molar-refractivity contribution is 5.76. The molecule has 1 rings (SSSR count). The molecular weight excluding hydrogens is 258 g/mol. The lowest BCUT2D eigenvalue weighted by Gasteiger charge is -2.08. The molecule has 5 nitrogen and oxygen atoms in total. The molecule has 5 heteroatoms.